The lowest BCUT2D eigenvalue weighted by atomic mass is 9.48. The zero-order chi connectivity index (χ0) is 26.9. The van der Waals surface area contributed by atoms with Crippen molar-refractivity contribution >= 4 is 17.6 Å². The summed E-state index contributed by atoms with van der Waals surface area (Å²) >= 11 is 0. The summed E-state index contributed by atoms with van der Waals surface area (Å²) in [5.41, 5.74) is 2.56. The van der Waals surface area contributed by atoms with E-state index in [9.17, 15) is 9.59 Å². The van der Waals surface area contributed by atoms with Gasteiger partial charge in [-0.25, -0.2) is 0 Å². The van der Waals surface area contributed by atoms with Crippen molar-refractivity contribution in [3.63, 3.8) is 0 Å². The van der Waals surface area contributed by atoms with Crippen LogP contribution >= 0.6 is 0 Å². The number of oxime groups is 1. The average Bonchev–Trinajstić information content (AvgIpc) is 3.23. The van der Waals surface area contributed by atoms with Crippen LogP contribution in [-0.2, 0) is 25.8 Å². The fraction of sp³-hybridized carbons (Fsp3) is 0.719. The molecular weight excluding hydrogens is 476 g/mol. The summed E-state index contributed by atoms with van der Waals surface area (Å²) in [6.45, 7) is 8.45. The van der Waals surface area contributed by atoms with Gasteiger partial charge in [-0.05, 0) is 97.3 Å². The fourth-order valence-corrected chi connectivity index (χ4v) is 9.10. The third-order valence-electron chi connectivity index (χ3n) is 11.4. The predicted molar refractivity (Wildman–Crippen MR) is 148 cm³/mol. The summed E-state index contributed by atoms with van der Waals surface area (Å²) in [7, 11) is 1.47. The highest BCUT2D eigenvalue weighted by atomic mass is 16.6. The van der Waals surface area contributed by atoms with Gasteiger partial charge in [0.1, 0.15) is 6.61 Å². The minimum Gasteiger partial charge on any atom is -0.469 e. The lowest BCUT2D eigenvalue weighted by Crippen LogP contribution is -2.52. The SMILES string of the molecule is COC(=O)CCC(C)C1CCC2C3C(=O)NCC4C/C(=N/OCc5ccccc5)CCC4(C)C3CCC12C. The van der Waals surface area contributed by atoms with Crippen LogP contribution in [-0.4, -0.2) is 31.2 Å². The summed E-state index contributed by atoms with van der Waals surface area (Å²) in [5.74, 6) is 2.52. The van der Waals surface area contributed by atoms with E-state index in [-0.39, 0.29) is 28.6 Å². The van der Waals surface area contributed by atoms with Gasteiger partial charge in [0.2, 0.25) is 5.91 Å². The molecule has 4 fully saturated rings. The number of fused-ring (bicyclic) bond motifs is 5. The lowest BCUT2D eigenvalue weighted by Gasteiger charge is -2.55. The normalized spacial score (nSPS) is 38.3. The molecule has 0 spiro atoms. The predicted octanol–water partition coefficient (Wildman–Crippen LogP) is 6.14. The third-order valence-corrected chi connectivity index (χ3v) is 11.4. The number of rotatable bonds is 7. The second kappa shape index (κ2) is 11.0. The largest absolute Gasteiger partial charge is 0.469 e. The molecule has 8 unspecified atom stereocenters. The second-order valence-corrected chi connectivity index (χ2v) is 13.1. The molecular formula is C32H46N2O4. The molecule has 3 saturated carbocycles. The Kier molecular flexibility index (Phi) is 7.89. The van der Waals surface area contributed by atoms with E-state index in [0.717, 1.165) is 62.8 Å². The zero-order valence-corrected chi connectivity index (χ0v) is 23.7. The molecule has 1 amide bonds. The van der Waals surface area contributed by atoms with Gasteiger partial charge in [0.25, 0.3) is 0 Å². The van der Waals surface area contributed by atoms with Crippen LogP contribution in [0.3, 0.4) is 0 Å². The van der Waals surface area contributed by atoms with E-state index in [0.29, 0.717) is 42.6 Å². The van der Waals surface area contributed by atoms with Crippen LogP contribution in [0.2, 0.25) is 0 Å². The highest BCUT2D eigenvalue weighted by Crippen LogP contribution is 2.65. The molecule has 3 aliphatic carbocycles. The number of carbonyl (C=O) groups excluding carboxylic acids is 2. The molecule has 1 saturated heterocycles. The molecule has 0 bridgehead atoms. The summed E-state index contributed by atoms with van der Waals surface area (Å²) < 4.78 is 4.90. The molecule has 38 heavy (non-hydrogen) atoms. The number of nitrogens with zero attached hydrogens (tertiary/aromatic N) is 1. The Balaban J connectivity index is 1.28. The Morgan fingerprint density at radius 3 is 2.63 bits per heavy atom. The molecule has 1 heterocycles. The van der Waals surface area contributed by atoms with E-state index >= 15 is 0 Å². The Morgan fingerprint density at radius 2 is 1.87 bits per heavy atom. The first-order valence-electron chi connectivity index (χ1n) is 14.8. The first-order chi connectivity index (χ1) is 18.3. The van der Waals surface area contributed by atoms with Crippen molar-refractivity contribution in [2.24, 2.45) is 51.5 Å². The highest BCUT2D eigenvalue weighted by molar-refractivity contribution is 5.86. The fourth-order valence-electron chi connectivity index (χ4n) is 9.10. The van der Waals surface area contributed by atoms with E-state index in [1.165, 1.54) is 13.5 Å². The number of methoxy groups -OCH3 is 1. The van der Waals surface area contributed by atoms with Gasteiger partial charge in [0, 0.05) is 18.9 Å². The number of carbonyl (C=O) groups is 2. The topological polar surface area (TPSA) is 77.0 Å². The smallest absolute Gasteiger partial charge is 0.305 e. The van der Waals surface area contributed by atoms with Crippen molar-refractivity contribution in [2.75, 3.05) is 13.7 Å². The van der Waals surface area contributed by atoms with Gasteiger partial charge in [0.05, 0.1) is 12.8 Å². The van der Waals surface area contributed by atoms with Crippen LogP contribution in [0, 0.1) is 46.3 Å². The van der Waals surface area contributed by atoms with Crippen molar-refractivity contribution in [3.05, 3.63) is 35.9 Å². The molecule has 0 aromatic heterocycles. The number of ether oxygens (including phenoxy) is 1. The maximum absolute atomic E-state index is 13.7. The Labute approximate surface area is 228 Å². The van der Waals surface area contributed by atoms with E-state index in [2.05, 4.69) is 43.4 Å². The lowest BCUT2D eigenvalue weighted by molar-refractivity contribution is -0.141. The first-order valence-corrected chi connectivity index (χ1v) is 14.8. The maximum Gasteiger partial charge on any atom is 0.305 e. The van der Waals surface area contributed by atoms with E-state index in [1.54, 1.807) is 0 Å². The molecule has 6 heteroatoms. The summed E-state index contributed by atoms with van der Waals surface area (Å²) in [5, 5.41) is 7.95. The zero-order valence-electron chi connectivity index (χ0n) is 23.7. The molecule has 5 rings (SSSR count). The molecule has 4 aliphatic rings. The van der Waals surface area contributed by atoms with Crippen LogP contribution in [0.15, 0.2) is 35.5 Å². The Hall–Kier alpha value is -2.37. The summed E-state index contributed by atoms with van der Waals surface area (Å²) in [6, 6.07) is 10.2. The molecule has 1 N–H and O–H groups in total. The average molecular weight is 523 g/mol. The summed E-state index contributed by atoms with van der Waals surface area (Å²) in [4.78, 5) is 31.3. The van der Waals surface area contributed by atoms with Gasteiger partial charge in [-0.3, -0.25) is 9.59 Å². The molecule has 208 valence electrons. The number of amides is 1. The highest BCUT2D eigenvalue weighted by Gasteiger charge is 2.61. The van der Waals surface area contributed by atoms with Crippen molar-refractivity contribution in [3.8, 4) is 0 Å². The number of benzene rings is 1. The monoisotopic (exact) mass is 522 g/mol. The third kappa shape index (κ3) is 5.00. The van der Waals surface area contributed by atoms with Crippen LogP contribution < -0.4 is 5.32 Å². The number of nitrogens with one attached hydrogen (secondary N) is 1. The summed E-state index contributed by atoms with van der Waals surface area (Å²) in [6.07, 6.45) is 8.88. The Morgan fingerprint density at radius 1 is 1.11 bits per heavy atom. The minimum atomic E-state index is -0.118. The molecule has 8 atom stereocenters. The van der Waals surface area contributed by atoms with Gasteiger partial charge in [0.15, 0.2) is 0 Å². The van der Waals surface area contributed by atoms with Crippen LogP contribution in [0.5, 0.6) is 0 Å². The van der Waals surface area contributed by atoms with Gasteiger partial charge in [-0.15, -0.1) is 0 Å². The molecule has 1 aromatic rings. The molecule has 6 nitrogen and oxygen atoms in total. The van der Waals surface area contributed by atoms with Gasteiger partial charge in [-0.2, -0.15) is 0 Å². The van der Waals surface area contributed by atoms with E-state index < -0.39 is 0 Å². The van der Waals surface area contributed by atoms with E-state index in [1.807, 2.05) is 18.2 Å². The first kappa shape index (κ1) is 27.2. The number of hydrogen-bond acceptors (Lipinski definition) is 5. The molecule has 0 radical (unpaired) electrons. The quantitative estimate of drug-likeness (QED) is 0.345. The standard InChI is InChI=1S/C32H46N2O4/c1-21(10-13-28(35)37-4)25-11-12-26-29-27(15-17-32(25,26)3)31(2)16-14-24(18-23(31)19-33-30(29)36)34-38-20-22-8-6-5-7-9-22/h5-9,21,23,25-27,29H,10-20H2,1-4H3,(H,33,36)/b34-24+. The van der Waals surface area contributed by atoms with Crippen molar-refractivity contribution in [1.82, 2.24) is 5.32 Å². The van der Waals surface area contributed by atoms with Crippen LogP contribution in [0.1, 0.15) is 84.1 Å². The van der Waals surface area contributed by atoms with Crippen molar-refractivity contribution in [1.29, 1.82) is 0 Å². The second-order valence-electron chi connectivity index (χ2n) is 13.1. The number of esters is 1. The minimum absolute atomic E-state index is 0.0920. The number of hydrogen-bond donors (Lipinski definition) is 1. The van der Waals surface area contributed by atoms with Gasteiger partial charge < -0.3 is 14.9 Å². The van der Waals surface area contributed by atoms with Crippen molar-refractivity contribution in [2.45, 2.75) is 85.2 Å². The Bertz CT molecular complexity index is 1040. The van der Waals surface area contributed by atoms with E-state index in [4.69, 9.17) is 9.57 Å². The van der Waals surface area contributed by atoms with Crippen molar-refractivity contribution < 1.29 is 19.2 Å². The molecule has 1 aromatic carbocycles. The van der Waals surface area contributed by atoms with Gasteiger partial charge >= 0.3 is 5.97 Å². The van der Waals surface area contributed by atoms with Crippen LogP contribution in [0.25, 0.3) is 0 Å². The van der Waals surface area contributed by atoms with Gasteiger partial charge in [-0.1, -0.05) is 56.3 Å². The molecule has 1 aliphatic heterocycles. The maximum atomic E-state index is 13.7. The van der Waals surface area contributed by atoms with Crippen LogP contribution in [0.4, 0.5) is 0 Å².